The number of nitrogens with zero attached hydrogens (tertiary/aromatic N) is 3. The summed E-state index contributed by atoms with van der Waals surface area (Å²) in [4.78, 5) is 11.1. The van der Waals surface area contributed by atoms with Gasteiger partial charge in [-0.1, -0.05) is 18.2 Å². The summed E-state index contributed by atoms with van der Waals surface area (Å²) in [6.45, 7) is 6.49. The van der Waals surface area contributed by atoms with Crippen molar-refractivity contribution in [2.45, 2.75) is 19.6 Å². The van der Waals surface area contributed by atoms with Crippen molar-refractivity contribution in [3.8, 4) is 5.75 Å². The van der Waals surface area contributed by atoms with Crippen LogP contribution in [-0.4, -0.2) is 56.9 Å². The molecule has 1 unspecified atom stereocenters. The van der Waals surface area contributed by atoms with E-state index >= 15 is 0 Å². The van der Waals surface area contributed by atoms with E-state index in [1.54, 1.807) is 7.05 Å². The van der Waals surface area contributed by atoms with E-state index in [-0.39, 0.29) is 30.1 Å². The molecule has 0 spiro atoms. The van der Waals surface area contributed by atoms with Crippen LogP contribution in [0, 0.1) is 0 Å². The molecule has 0 saturated carbocycles. The molecule has 1 saturated heterocycles. The summed E-state index contributed by atoms with van der Waals surface area (Å²) in [5.74, 6) is 2.61. The van der Waals surface area contributed by atoms with Crippen LogP contribution >= 0.6 is 24.0 Å². The number of morpholine rings is 1. The highest BCUT2D eigenvalue weighted by Gasteiger charge is 2.18. The maximum atomic E-state index is 5.69. The van der Waals surface area contributed by atoms with E-state index in [0.29, 0.717) is 19.7 Å². The number of guanidine groups is 1. The van der Waals surface area contributed by atoms with Gasteiger partial charge in [0, 0.05) is 32.9 Å². The average molecular weight is 511 g/mol. The van der Waals surface area contributed by atoms with Gasteiger partial charge in [-0.3, -0.25) is 4.99 Å². The normalized spacial score (nSPS) is 16.7. The second-order valence-corrected chi connectivity index (χ2v) is 6.66. The van der Waals surface area contributed by atoms with Gasteiger partial charge in [0.1, 0.15) is 18.2 Å². The molecule has 0 amide bonds. The van der Waals surface area contributed by atoms with Gasteiger partial charge in [-0.05, 0) is 36.8 Å². The maximum Gasteiger partial charge on any atom is 0.191 e. The lowest BCUT2D eigenvalue weighted by Crippen LogP contribution is -2.41. The molecule has 1 fully saturated rings. The van der Waals surface area contributed by atoms with Gasteiger partial charge in [0.25, 0.3) is 0 Å². The van der Waals surface area contributed by atoms with E-state index in [0.717, 1.165) is 42.8 Å². The first-order valence-corrected chi connectivity index (χ1v) is 9.68. The lowest BCUT2D eigenvalue weighted by Gasteiger charge is -2.32. The Morgan fingerprint density at radius 1 is 1.28 bits per heavy atom. The van der Waals surface area contributed by atoms with E-state index in [2.05, 4.69) is 38.5 Å². The average Bonchev–Trinajstić information content (AvgIpc) is 2.74. The number of nitrogens with one attached hydrogen (secondary N) is 2. The lowest BCUT2D eigenvalue weighted by atomic mass is 10.2. The molecule has 1 aliphatic rings. The summed E-state index contributed by atoms with van der Waals surface area (Å²) < 4.78 is 11.3. The minimum absolute atomic E-state index is 0. The fourth-order valence-corrected chi connectivity index (χ4v) is 3.03. The highest BCUT2D eigenvalue weighted by molar-refractivity contribution is 14.0. The topological polar surface area (TPSA) is 71.0 Å². The van der Waals surface area contributed by atoms with E-state index in [1.165, 1.54) is 0 Å². The number of benzene rings is 1. The predicted octanol–water partition coefficient (Wildman–Crippen LogP) is 2.67. The molecule has 3 rings (SSSR count). The Balaban J connectivity index is 0.00000300. The van der Waals surface area contributed by atoms with Crippen molar-refractivity contribution in [2.75, 3.05) is 44.8 Å². The number of aromatic nitrogens is 1. The second-order valence-electron chi connectivity index (χ2n) is 6.66. The first kappa shape index (κ1) is 23.2. The zero-order valence-corrected chi connectivity index (χ0v) is 19.3. The van der Waals surface area contributed by atoms with Gasteiger partial charge < -0.3 is 25.0 Å². The molecule has 1 aromatic carbocycles. The van der Waals surface area contributed by atoms with Crippen molar-refractivity contribution in [1.82, 2.24) is 15.6 Å². The van der Waals surface area contributed by atoms with E-state index in [1.807, 2.05) is 42.6 Å². The summed E-state index contributed by atoms with van der Waals surface area (Å²) in [6.07, 6.45) is 2.09. The molecule has 2 heterocycles. The number of para-hydroxylation sites is 1. The summed E-state index contributed by atoms with van der Waals surface area (Å²) in [6, 6.07) is 13.9. The van der Waals surface area contributed by atoms with Gasteiger partial charge in [-0.25, -0.2) is 4.98 Å². The summed E-state index contributed by atoms with van der Waals surface area (Å²) in [7, 11) is 1.76. The van der Waals surface area contributed by atoms with Crippen molar-refractivity contribution >= 4 is 35.8 Å². The minimum Gasteiger partial charge on any atom is -0.492 e. The van der Waals surface area contributed by atoms with Crippen LogP contribution in [0.2, 0.25) is 0 Å². The summed E-state index contributed by atoms with van der Waals surface area (Å²) in [5.41, 5.74) is 1.16. The first-order valence-electron chi connectivity index (χ1n) is 9.68. The van der Waals surface area contributed by atoms with Crippen molar-refractivity contribution in [2.24, 2.45) is 4.99 Å². The molecule has 2 aromatic rings. The number of hydrogen-bond donors (Lipinski definition) is 2. The third-order valence-electron chi connectivity index (χ3n) is 4.46. The molecule has 7 nitrogen and oxygen atoms in total. The quantitative estimate of drug-likeness (QED) is 0.258. The van der Waals surface area contributed by atoms with Gasteiger partial charge in [0.05, 0.1) is 19.3 Å². The number of aliphatic imine (C=N–C) groups is 1. The molecule has 158 valence electrons. The molecule has 0 aliphatic carbocycles. The number of anilines is 1. The first-order chi connectivity index (χ1) is 13.7. The molecule has 1 aliphatic heterocycles. The fourth-order valence-electron chi connectivity index (χ4n) is 3.03. The highest BCUT2D eigenvalue weighted by atomic mass is 127. The van der Waals surface area contributed by atoms with Crippen LogP contribution in [0.3, 0.4) is 0 Å². The van der Waals surface area contributed by atoms with Crippen LogP contribution in [0.1, 0.15) is 12.5 Å². The van der Waals surface area contributed by atoms with Crippen LogP contribution < -0.4 is 20.3 Å². The number of halogens is 1. The van der Waals surface area contributed by atoms with Crippen LogP contribution in [0.15, 0.2) is 53.7 Å². The molecule has 8 heteroatoms. The van der Waals surface area contributed by atoms with E-state index < -0.39 is 0 Å². The smallest absolute Gasteiger partial charge is 0.191 e. The van der Waals surface area contributed by atoms with Crippen molar-refractivity contribution in [3.63, 3.8) is 0 Å². The van der Waals surface area contributed by atoms with Crippen LogP contribution in [-0.2, 0) is 11.3 Å². The Bertz CT molecular complexity index is 760. The third-order valence-corrected chi connectivity index (χ3v) is 4.46. The molecule has 0 bridgehead atoms. The zero-order valence-electron chi connectivity index (χ0n) is 17.0. The maximum absolute atomic E-state index is 5.69. The predicted molar refractivity (Wildman–Crippen MR) is 127 cm³/mol. The Morgan fingerprint density at radius 3 is 2.86 bits per heavy atom. The minimum atomic E-state index is 0. The summed E-state index contributed by atoms with van der Waals surface area (Å²) in [5, 5.41) is 6.60. The SMILES string of the molecule is CN=C(NCCOc1ccccc1)NCc1ccnc(N2CCOC(C)C2)c1.I. The molecule has 29 heavy (non-hydrogen) atoms. The summed E-state index contributed by atoms with van der Waals surface area (Å²) >= 11 is 0. The number of rotatable bonds is 7. The third kappa shape index (κ3) is 7.69. The van der Waals surface area contributed by atoms with E-state index in [9.17, 15) is 0 Å². The monoisotopic (exact) mass is 511 g/mol. The standard InChI is InChI=1S/C21H29N5O2.HI/c1-17-16-26(11-13-27-17)20-14-18(8-9-23-20)15-25-21(22-2)24-10-12-28-19-6-4-3-5-7-19;/h3-9,14,17H,10-13,15-16H2,1-2H3,(H2,22,24,25);1H. The Morgan fingerprint density at radius 2 is 2.10 bits per heavy atom. The molecule has 2 N–H and O–H groups in total. The molecular weight excluding hydrogens is 481 g/mol. The largest absolute Gasteiger partial charge is 0.492 e. The van der Waals surface area contributed by atoms with Crippen molar-refractivity contribution in [3.05, 3.63) is 54.2 Å². The van der Waals surface area contributed by atoms with Gasteiger partial charge in [-0.2, -0.15) is 0 Å². The van der Waals surface area contributed by atoms with Gasteiger partial charge >= 0.3 is 0 Å². The Kier molecular flexibility index (Phi) is 9.99. The van der Waals surface area contributed by atoms with Crippen molar-refractivity contribution < 1.29 is 9.47 Å². The Hall–Kier alpha value is -2.07. The van der Waals surface area contributed by atoms with Gasteiger partial charge in [-0.15, -0.1) is 24.0 Å². The number of pyridine rings is 1. The fraction of sp³-hybridized carbons (Fsp3) is 0.429. The molecule has 1 aromatic heterocycles. The molecule has 1 atom stereocenters. The number of hydrogen-bond acceptors (Lipinski definition) is 5. The van der Waals surface area contributed by atoms with Gasteiger partial charge in [0.15, 0.2) is 5.96 Å². The Labute approximate surface area is 189 Å². The van der Waals surface area contributed by atoms with Crippen molar-refractivity contribution in [1.29, 1.82) is 0 Å². The number of ether oxygens (including phenoxy) is 2. The van der Waals surface area contributed by atoms with Gasteiger partial charge in [0.2, 0.25) is 0 Å². The van der Waals surface area contributed by atoms with Crippen LogP contribution in [0.4, 0.5) is 5.82 Å². The highest BCUT2D eigenvalue weighted by Crippen LogP contribution is 2.16. The molecular formula is C21H30IN5O2. The second kappa shape index (κ2) is 12.5. The van der Waals surface area contributed by atoms with Crippen LogP contribution in [0.25, 0.3) is 0 Å². The van der Waals surface area contributed by atoms with E-state index in [4.69, 9.17) is 9.47 Å². The molecule has 0 radical (unpaired) electrons. The van der Waals surface area contributed by atoms with Crippen LogP contribution in [0.5, 0.6) is 5.75 Å². The lowest BCUT2D eigenvalue weighted by molar-refractivity contribution is 0.0529. The zero-order chi connectivity index (χ0) is 19.6.